The fourth-order valence-corrected chi connectivity index (χ4v) is 2.10. The topological polar surface area (TPSA) is 78.1 Å². The Bertz CT molecular complexity index is 678. The van der Waals surface area contributed by atoms with Crippen LogP contribution in [0.2, 0.25) is 0 Å². The summed E-state index contributed by atoms with van der Waals surface area (Å²) in [6.45, 7) is 0.356. The van der Waals surface area contributed by atoms with Crippen molar-refractivity contribution in [1.29, 1.82) is 0 Å². The molecule has 2 aromatic carbocycles. The van der Waals surface area contributed by atoms with Crippen LogP contribution in [-0.2, 0) is 6.54 Å². The molecular weight excluding hydrogens is 421 g/mol. The van der Waals surface area contributed by atoms with Crippen molar-refractivity contribution in [3.05, 3.63) is 48.0 Å². The van der Waals surface area contributed by atoms with Gasteiger partial charge in [-0.15, -0.1) is 24.0 Å². The van der Waals surface area contributed by atoms with Crippen molar-refractivity contribution in [2.45, 2.75) is 6.54 Å². The number of ether oxygens (including phenoxy) is 3. The second kappa shape index (κ2) is 9.86. The van der Waals surface area contributed by atoms with Crippen LogP contribution in [0.25, 0.3) is 0 Å². The first-order valence-electron chi connectivity index (χ1n) is 7.08. The van der Waals surface area contributed by atoms with Gasteiger partial charge in [-0.3, -0.25) is 0 Å². The Kier molecular flexibility index (Phi) is 8.17. The third kappa shape index (κ3) is 5.19. The van der Waals surface area contributed by atoms with Crippen molar-refractivity contribution in [2.24, 2.45) is 10.7 Å². The van der Waals surface area contributed by atoms with Crippen LogP contribution in [0, 0.1) is 0 Å². The van der Waals surface area contributed by atoms with E-state index in [1.54, 1.807) is 27.4 Å². The number of nitrogens with one attached hydrogen (secondary N) is 1. The number of guanidine groups is 1. The third-order valence-electron chi connectivity index (χ3n) is 3.25. The smallest absolute Gasteiger partial charge is 0.193 e. The van der Waals surface area contributed by atoms with Crippen molar-refractivity contribution < 1.29 is 14.2 Å². The maximum absolute atomic E-state index is 5.91. The van der Waals surface area contributed by atoms with Crippen LogP contribution in [0.1, 0.15) is 5.56 Å². The predicted octanol–water partition coefficient (Wildman–Crippen LogP) is 3.26. The van der Waals surface area contributed by atoms with Crippen LogP contribution < -0.4 is 25.3 Å². The molecule has 3 N–H and O–H groups in total. The van der Waals surface area contributed by atoms with Crippen molar-refractivity contribution in [3.63, 3.8) is 0 Å². The predicted molar refractivity (Wildman–Crippen MR) is 107 cm³/mol. The second-order valence-electron chi connectivity index (χ2n) is 4.71. The van der Waals surface area contributed by atoms with Crippen molar-refractivity contribution in [2.75, 3.05) is 26.6 Å². The summed E-state index contributed by atoms with van der Waals surface area (Å²) < 4.78 is 15.9. The average molecular weight is 443 g/mol. The number of hydrogen-bond donors (Lipinski definition) is 2. The van der Waals surface area contributed by atoms with Gasteiger partial charge in [-0.25, -0.2) is 4.99 Å². The minimum atomic E-state index is 0. The number of nitrogens with two attached hydrogens (primary N) is 1. The molecule has 0 atom stereocenters. The van der Waals surface area contributed by atoms with E-state index in [0.29, 0.717) is 29.8 Å². The van der Waals surface area contributed by atoms with Crippen LogP contribution in [-0.4, -0.2) is 27.3 Å². The number of halogens is 1. The summed E-state index contributed by atoms with van der Waals surface area (Å²) in [6.07, 6.45) is 0. The van der Waals surface area contributed by atoms with E-state index < -0.39 is 0 Å². The molecule has 0 heterocycles. The van der Waals surface area contributed by atoms with Gasteiger partial charge >= 0.3 is 0 Å². The largest absolute Gasteiger partial charge is 0.496 e. The standard InChI is InChI=1S/C17H21N3O3.HI/c1-21-14-10-16(23-3)15(22-2)9-12(14)11-19-17(18)20-13-7-5-4-6-8-13;/h4-10H,11H2,1-3H3,(H3,18,19,20);1H. The Morgan fingerprint density at radius 3 is 2.12 bits per heavy atom. The molecule has 24 heavy (non-hydrogen) atoms. The van der Waals surface area contributed by atoms with E-state index in [1.165, 1.54) is 0 Å². The van der Waals surface area contributed by atoms with E-state index in [2.05, 4.69) is 10.3 Å². The Morgan fingerprint density at radius 2 is 1.54 bits per heavy atom. The number of hydrogen-bond acceptors (Lipinski definition) is 4. The maximum atomic E-state index is 5.91. The summed E-state index contributed by atoms with van der Waals surface area (Å²) in [5, 5.41) is 3.03. The number of methoxy groups -OCH3 is 3. The number of para-hydroxylation sites is 1. The minimum absolute atomic E-state index is 0. The summed E-state index contributed by atoms with van der Waals surface area (Å²) >= 11 is 0. The van der Waals surface area contributed by atoms with Crippen molar-refractivity contribution >= 4 is 35.6 Å². The third-order valence-corrected chi connectivity index (χ3v) is 3.25. The molecule has 130 valence electrons. The maximum Gasteiger partial charge on any atom is 0.193 e. The van der Waals surface area contributed by atoms with Gasteiger partial charge < -0.3 is 25.3 Å². The van der Waals surface area contributed by atoms with Gasteiger partial charge in [0, 0.05) is 17.3 Å². The van der Waals surface area contributed by atoms with E-state index in [9.17, 15) is 0 Å². The van der Waals surface area contributed by atoms with Crippen LogP contribution in [0.4, 0.5) is 5.69 Å². The number of aliphatic imine (C=N–C) groups is 1. The molecule has 0 aliphatic rings. The Hall–Kier alpha value is -2.16. The molecule has 6 nitrogen and oxygen atoms in total. The van der Waals surface area contributed by atoms with E-state index in [-0.39, 0.29) is 24.0 Å². The van der Waals surface area contributed by atoms with Gasteiger partial charge in [0.05, 0.1) is 27.9 Å². The van der Waals surface area contributed by atoms with Gasteiger partial charge in [0.15, 0.2) is 17.5 Å². The van der Waals surface area contributed by atoms with E-state index in [1.807, 2.05) is 36.4 Å². The lowest BCUT2D eigenvalue weighted by Gasteiger charge is -2.13. The molecule has 2 aromatic rings. The lowest BCUT2D eigenvalue weighted by atomic mass is 10.1. The molecule has 2 rings (SSSR count). The Morgan fingerprint density at radius 1 is 0.958 bits per heavy atom. The van der Waals surface area contributed by atoms with Crippen molar-refractivity contribution in [3.8, 4) is 17.2 Å². The highest BCUT2D eigenvalue weighted by Gasteiger charge is 2.11. The first kappa shape index (κ1) is 19.9. The van der Waals surface area contributed by atoms with Crippen LogP contribution in [0.15, 0.2) is 47.5 Å². The van der Waals surface area contributed by atoms with Crippen LogP contribution >= 0.6 is 24.0 Å². The van der Waals surface area contributed by atoms with E-state index in [4.69, 9.17) is 19.9 Å². The van der Waals surface area contributed by atoms with Crippen LogP contribution in [0.5, 0.6) is 17.2 Å². The molecule has 0 aromatic heterocycles. The highest BCUT2D eigenvalue weighted by Crippen LogP contribution is 2.34. The van der Waals surface area contributed by atoms with Gasteiger partial charge in [0.1, 0.15) is 5.75 Å². The number of rotatable bonds is 6. The first-order valence-corrected chi connectivity index (χ1v) is 7.08. The molecule has 0 amide bonds. The van der Waals surface area contributed by atoms with Gasteiger partial charge in [0.25, 0.3) is 0 Å². The quantitative estimate of drug-likeness (QED) is 0.407. The number of anilines is 1. The molecule has 0 saturated carbocycles. The monoisotopic (exact) mass is 443 g/mol. The zero-order valence-electron chi connectivity index (χ0n) is 13.9. The molecule has 0 aliphatic carbocycles. The number of benzene rings is 2. The second-order valence-corrected chi connectivity index (χ2v) is 4.71. The molecule has 0 bridgehead atoms. The minimum Gasteiger partial charge on any atom is -0.496 e. The zero-order chi connectivity index (χ0) is 16.7. The highest BCUT2D eigenvalue weighted by atomic mass is 127. The van der Waals surface area contributed by atoms with Gasteiger partial charge in [0.2, 0.25) is 0 Å². The SMILES string of the molecule is COc1cc(OC)c(OC)cc1CN=C(N)Nc1ccccc1.I. The molecular formula is C17H22IN3O3. The normalized spacial score (nSPS) is 10.5. The first-order chi connectivity index (χ1) is 11.2. The lowest BCUT2D eigenvalue weighted by molar-refractivity contribution is 0.347. The van der Waals surface area contributed by atoms with Gasteiger partial charge in [-0.2, -0.15) is 0 Å². The summed E-state index contributed by atoms with van der Waals surface area (Å²) in [5.41, 5.74) is 7.65. The summed E-state index contributed by atoms with van der Waals surface area (Å²) in [6, 6.07) is 13.2. The molecule has 0 saturated heterocycles. The molecule has 0 fully saturated rings. The summed E-state index contributed by atoms with van der Waals surface area (Å²) in [5.74, 6) is 2.22. The van der Waals surface area contributed by atoms with Gasteiger partial charge in [-0.05, 0) is 18.2 Å². The fourth-order valence-electron chi connectivity index (χ4n) is 2.10. The Labute approximate surface area is 159 Å². The molecule has 0 aliphatic heterocycles. The number of nitrogens with zero attached hydrogens (tertiary/aromatic N) is 1. The molecule has 0 spiro atoms. The highest BCUT2D eigenvalue weighted by molar-refractivity contribution is 14.0. The van der Waals surface area contributed by atoms with E-state index >= 15 is 0 Å². The lowest BCUT2D eigenvalue weighted by Crippen LogP contribution is -2.22. The summed E-state index contributed by atoms with van der Waals surface area (Å²) in [4.78, 5) is 4.34. The molecule has 0 unspecified atom stereocenters. The van der Waals surface area contributed by atoms with Crippen LogP contribution in [0.3, 0.4) is 0 Å². The van der Waals surface area contributed by atoms with E-state index in [0.717, 1.165) is 11.3 Å². The Balaban J connectivity index is 0.00000288. The average Bonchev–Trinajstić information content (AvgIpc) is 2.59. The molecule has 0 radical (unpaired) electrons. The molecule has 7 heteroatoms. The van der Waals surface area contributed by atoms with Gasteiger partial charge in [-0.1, -0.05) is 18.2 Å². The summed E-state index contributed by atoms with van der Waals surface area (Å²) in [7, 11) is 4.76. The zero-order valence-corrected chi connectivity index (χ0v) is 16.2. The fraction of sp³-hybridized carbons (Fsp3) is 0.235. The van der Waals surface area contributed by atoms with Crippen molar-refractivity contribution in [1.82, 2.24) is 0 Å².